The Morgan fingerprint density at radius 3 is 2.19 bits per heavy atom. The molecule has 6 rings (SSSR count). The van der Waals surface area contributed by atoms with E-state index < -0.39 is 19.7 Å². The molecule has 2 aliphatic heterocycles. The number of pyridine rings is 1. The van der Waals surface area contributed by atoms with Crippen molar-refractivity contribution >= 4 is 47.3 Å². The van der Waals surface area contributed by atoms with Crippen LogP contribution in [0.4, 0.5) is 14.6 Å². The lowest BCUT2D eigenvalue weighted by molar-refractivity contribution is 0.463. The number of thioether (sulfide) groups is 1. The number of aromatic nitrogens is 3. The summed E-state index contributed by atoms with van der Waals surface area (Å²) in [6, 6.07) is 9.49. The number of nitrogens with zero attached hydrogens (tertiary/aromatic N) is 4. The van der Waals surface area contributed by atoms with Crippen LogP contribution in [0.3, 0.4) is 0 Å². The van der Waals surface area contributed by atoms with Gasteiger partial charge in [-0.15, -0.1) is 5.54 Å². The highest BCUT2D eigenvalue weighted by molar-refractivity contribution is 7.98. The van der Waals surface area contributed by atoms with Gasteiger partial charge in [0.25, 0.3) is 0 Å². The number of hydrogen-bond acceptors (Lipinski definition) is 6. The van der Waals surface area contributed by atoms with Gasteiger partial charge in [-0.1, -0.05) is 89.4 Å². The van der Waals surface area contributed by atoms with Crippen molar-refractivity contribution in [3.8, 4) is 34.6 Å². The highest BCUT2D eigenvalue weighted by Crippen LogP contribution is 2.42. The van der Waals surface area contributed by atoms with Crippen molar-refractivity contribution in [2.24, 2.45) is 0 Å². The zero-order valence-corrected chi connectivity index (χ0v) is 30.4. The highest BCUT2D eigenvalue weighted by Gasteiger charge is 2.42. The molecule has 47 heavy (non-hydrogen) atoms. The SMILES string of the molecule is CC#Cc1nc(-c2cccc3ccc(F)c(C#C[Si](C(C)C)(C(C)C)C(C)C)c23)c(F)c2nc(SC)nc(N3C[C@H]4CC[C@@H](C3)N4)c12. The monoisotopic (exact) mass is 667 g/mol. The number of nitrogens with one attached hydrogen (secondary N) is 1. The van der Waals surface area contributed by atoms with E-state index in [9.17, 15) is 0 Å². The minimum Gasteiger partial charge on any atom is -0.353 e. The molecule has 0 unspecified atom stereocenters. The first-order chi connectivity index (χ1) is 22.5. The molecule has 2 atom stereocenters. The minimum absolute atomic E-state index is 0.0895. The van der Waals surface area contributed by atoms with Crippen LogP contribution < -0.4 is 10.2 Å². The summed E-state index contributed by atoms with van der Waals surface area (Å²) in [5.41, 5.74) is 6.27. The van der Waals surface area contributed by atoms with Crippen LogP contribution in [0.15, 0.2) is 35.5 Å². The lowest BCUT2D eigenvalue weighted by Gasteiger charge is -2.38. The molecule has 9 heteroatoms. The van der Waals surface area contributed by atoms with E-state index in [2.05, 4.69) is 75.1 Å². The molecule has 2 saturated heterocycles. The van der Waals surface area contributed by atoms with Gasteiger partial charge >= 0.3 is 0 Å². The van der Waals surface area contributed by atoms with Crippen molar-refractivity contribution in [2.75, 3.05) is 24.2 Å². The highest BCUT2D eigenvalue weighted by atomic mass is 32.2. The number of benzene rings is 2. The van der Waals surface area contributed by atoms with Gasteiger partial charge in [0.15, 0.2) is 11.0 Å². The molecule has 0 radical (unpaired) electrons. The Morgan fingerprint density at radius 2 is 1.57 bits per heavy atom. The molecule has 0 saturated carbocycles. The Kier molecular flexibility index (Phi) is 9.37. The van der Waals surface area contributed by atoms with E-state index in [0.29, 0.717) is 61.7 Å². The Morgan fingerprint density at radius 1 is 0.894 bits per heavy atom. The molecule has 2 aliphatic rings. The molecule has 2 aromatic heterocycles. The molecular formula is C38H43F2N5SSi. The predicted octanol–water partition coefficient (Wildman–Crippen LogP) is 8.73. The number of anilines is 1. The van der Waals surface area contributed by atoms with Gasteiger partial charge < -0.3 is 10.2 Å². The third kappa shape index (κ3) is 5.81. The van der Waals surface area contributed by atoms with Crippen molar-refractivity contribution in [3.05, 3.63) is 53.2 Å². The molecule has 2 aromatic carbocycles. The average Bonchev–Trinajstić information content (AvgIpc) is 3.39. The smallest absolute Gasteiger partial charge is 0.189 e. The quantitative estimate of drug-likeness (QED) is 0.0961. The van der Waals surface area contributed by atoms with E-state index in [0.717, 1.165) is 31.3 Å². The second-order valence-corrected chi connectivity index (χ2v) is 20.1. The predicted molar refractivity (Wildman–Crippen MR) is 195 cm³/mol. The number of hydrogen-bond donors (Lipinski definition) is 1. The van der Waals surface area contributed by atoms with Gasteiger partial charge in [-0.2, -0.15) is 0 Å². The third-order valence-electron chi connectivity index (χ3n) is 10.2. The Labute approximate surface area is 282 Å². The normalized spacial score (nSPS) is 17.9. The Balaban J connectivity index is 1.64. The molecule has 0 spiro atoms. The number of halogens is 2. The summed E-state index contributed by atoms with van der Waals surface area (Å²) in [7, 11) is -2.19. The topological polar surface area (TPSA) is 53.9 Å². The molecule has 4 aromatic rings. The van der Waals surface area contributed by atoms with Crippen LogP contribution in [0.25, 0.3) is 32.9 Å². The van der Waals surface area contributed by atoms with Crippen molar-refractivity contribution in [3.63, 3.8) is 0 Å². The van der Waals surface area contributed by atoms with Crippen LogP contribution in [0.1, 0.15) is 72.6 Å². The van der Waals surface area contributed by atoms with E-state index in [-0.39, 0.29) is 16.8 Å². The van der Waals surface area contributed by atoms with Crippen LogP contribution in [0.5, 0.6) is 0 Å². The fourth-order valence-electron chi connectivity index (χ4n) is 8.09. The van der Waals surface area contributed by atoms with E-state index >= 15 is 8.78 Å². The van der Waals surface area contributed by atoms with Crippen LogP contribution in [0.2, 0.25) is 16.6 Å². The van der Waals surface area contributed by atoms with Crippen molar-refractivity contribution in [1.29, 1.82) is 0 Å². The summed E-state index contributed by atoms with van der Waals surface area (Å²) in [5.74, 6) is 9.16. The standard InChI is InChI=1S/C38H43F2N5SSi/c1-9-11-31-33-36(43-38(46-8)44-37(33)45-20-26-15-16-27(21-45)41-26)34(40)35(42-31)29-13-10-12-25-14-17-30(39)28(32(25)29)18-19-47(22(2)3,23(4)5)24(6)7/h10,12-14,17,22-24,26-27,41H,15-16,20-21H2,1-8H3/t26-,27+. The van der Waals surface area contributed by atoms with Crippen LogP contribution >= 0.6 is 11.8 Å². The zero-order chi connectivity index (χ0) is 33.6. The molecule has 2 fully saturated rings. The largest absolute Gasteiger partial charge is 0.353 e. The number of rotatable bonds is 6. The maximum atomic E-state index is 17.1. The molecule has 5 nitrogen and oxygen atoms in total. The second kappa shape index (κ2) is 13.2. The Hall–Kier alpha value is -3.50. The van der Waals surface area contributed by atoms with Gasteiger partial charge in [0, 0.05) is 36.1 Å². The first kappa shape index (κ1) is 33.4. The molecule has 2 bridgehead atoms. The third-order valence-corrected chi connectivity index (χ3v) is 17.0. The summed E-state index contributed by atoms with van der Waals surface area (Å²) in [4.78, 5) is 16.7. The maximum Gasteiger partial charge on any atom is 0.189 e. The molecular weight excluding hydrogens is 625 g/mol. The van der Waals surface area contributed by atoms with Crippen molar-refractivity contribution in [2.45, 2.75) is 95.2 Å². The summed E-state index contributed by atoms with van der Waals surface area (Å²) in [6.07, 6.45) is 4.11. The van der Waals surface area contributed by atoms with Crippen molar-refractivity contribution < 1.29 is 8.78 Å². The van der Waals surface area contributed by atoms with Crippen molar-refractivity contribution in [1.82, 2.24) is 20.3 Å². The molecule has 4 heterocycles. The lowest BCUT2D eigenvalue weighted by atomic mass is 9.96. The van der Waals surface area contributed by atoms with E-state index in [4.69, 9.17) is 15.0 Å². The fourth-order valence-corrected chi connectivity index (χ4v) is 13.7. The van der Waals surface area contributed by atoms with Gasteiger partial charge in [-0.25, -0.2) is 23.7 Å². The summed E-state index contributed by atoms with van der Waals surface area (Å²) >= 11 is 1.38. The van der Waals surface area contributed by atoms with Crippen LogP contribution in [-0.4, -0.2) is 54.5 Å². The van der Waals surface area contributed by atoms with Gasteiger partial charge in [0.2, 0.25) is 0 Å². The molecule has 1 N–H and O–H groups in total. The maximum absolute atomic E-state index is 17.1. The van der Waals surface area contributed by atoms with Gasteiger partial charge in [0.1, 0.15) is 36.6 Å². The number of piperazine rings is 1. The van der Waals surface area contributed by atoms with E-state index in [1.165, 1.54) is 17.8 Å². The van der Waals surface area contributed by atoms with E-state index in [1.54, 1.807) is 19.1 Å². The molecule has 0 amide bonds. The first-order valence-electron chi connectivity index (χ1n) is 16.6. The summed E-state index contributed by atoms with van der Waals surface area (Å²) < 4.78 is 33.0. The average molecular weight is 668 g/mol. The van der Waals surface area contributed by atoms with Gasteiger partial charge in [-0.05, 0) is 60.0 Å². The first-order valence-corrected chi connectivity index (χ1v) is 20.1. The Bertz CT molecular complexity index is 1950. The summed E-state index contributed by atoms with van der Waals surface area (Å²) in [6.45, 7) is 16.7. The van der Waals surface area contributed by atoms with E-state index in [1.807, 2.05) is 18.4 Å². The molecule has 244 valence electrons. The minimum atomic E-state index is -2.19. The second-order valence-electron chi connectivity index (χ2n) is 13.8. The zero-order valence-electron chi connectivity index (χ0n) is 28.6. The lowest BCUT2D eigenvalue weighted by Crippen LogP contribution is -2.51. The van der Waals surface area contributed by atoms with Crippen LogP contribution in [-0.2, 0) is 0 Å². The fraction of sp³-hybridized carbons (Fsp3) is 0.447. The van der Waals surface area contributed by atoms with Crippen LogP contribution in [0, 0.1) is 34.9 Å². The number of fused-ring (bicyclic) bond motifs is 4. The molecule has 0 aliphatic carbocycles. The van der Waals surface area contributed by atoms with Gasteiger partial charge in [-0.3, -0.25) is 0 Å². The summed E-state index contributed by atoms with van der Waals surface area (Å²) in [5, 5.41) is 6.00. The van der Waals surface area contributed by atoms with Gasteiger partial charge in [0.05, 0.1) is 10.9 Å².